The zero-order chi connectivity index (χ0) is 14.0. The average Bonchev–Trinajstić information content (AvgIpc) is 2.34. The first-order chi connectivity index (χ1) is 8.99. The van der Waals surface area contributed by atoms with Gasteiger partial charge in [-0.3, -0.25) is 0 Å². The molecule has 0 saturated carbocycles. The second-order valence-electron chi connectivity index (χ2n) is 4.46. The van der Waals surface area contributed by atoms with Gasteiger partial charge in [0.1, 0.15) is 12.4 Å². The van der Waals surface area contributed by atoms with Gasteiger partial charge in [0.15, 0.2) is 0 Å². The van der Waals surface area contributed by atoms with E-state index in [9.17, 15) is 0 Å². The lowest BCUT2D eigenvalue weighted by Crippen LogP contribution is -2.00. The molecule has 0 atom stereocenters. The first-order valence-corrected chi connectivity index (χ1v) is 6.67. The lowest BCUT2D eigenvalue weighted by molar-refractivity contribution is 0.304. The number of hydrogen-bond donors (Lipinski definition) is 1. The van der Waals surface area contributed by atoms with Gasteiger partial charge in [0.25, 0.3) is 0 Å². The first kappa shape index (κ1) is 14.0. The lowest BCUT2D eigenvalue weighted by Gasteiger charge is -2.13. The van der Waals surface area contributed by atoms with Crippen LogP contribution in [0.25, 0.3) is 0 Å². The summed E-state index contributed by atoms with van der Waals surface area (Å²) in [6, 6.07) is 9.22. The number of aryl methyl sites for hydroxylation is 2. The van der Waals surface area contributed by atoms with Crippen molar-refractivity contribution in [3.8, 4) is 5.75 Å². The van der Waals surface area contributed by atoms with E-state index in [4.69, 9.17) is 33.7 Å². The SMILES string of the molecule is Cc1cc(C)c(OCc2c(Cl)cccc2Cl)cc1N. The molecule has 2 aromatic rings. The van der Waals surface area contributed by atoms with Crippen molar-refractivity contribution < 1.29 is 4.74 Å². The second kappa shape index (κ2) is 5.72. The summed E-state index contributed by atoms with van der Waals surface area (Å²) in [6.07, 6.45) is 0. The first-order valence-electron chi connectivity index (χ1n) is 5.91. The van der Waals surface area contributed by atoms with Crippen molar-refractivity contribution >= 4 is 28.9 Å². The van der Waals surface area contributed by atoms with Crippen molar-refractivity contribution in [3.05, 3.63) is 57.1 Å². The molecule has 0 radical (unpaired) electrons. The highest BCUT2D eigenvalue weighted by molar-refractivity contribution is 6.35. The molecule has 0 unspecified atom stereocenters. The Morgan fingerprint density at radius 1 is 1.05 bits per heavy atom. The summed E-state index contributed by atoms with van der Waals surface area (Å²) in [5.41, 5.74) is 9.46. The number of ether oxygens (including phenoxy) is 1. The predicted molar refractivity (Wildman–Crippen MR) is 81.1 cm³/mol. The second-order valence-corrected chi connectivity index (χ2v) is 5.28. The van der Waals surface area contributed by atoms with E-state index in [1.165, 1.54) is 0 Å². The van der Waals surface area contributed by atoms with Gasteiger partial charge in [0, 0.05) is 27.4 Å². The smallest absolute Gasteiger partial charge is 0.124 e. The zero-order valence-corrected chi connectivity index (χ0v) is 12.3. The molecule has 4 heteroatoms. The molecular weight excluding hydrogens is 281 g/mol. The van der Waals surface area contributed by atoms with E-state index < -0.39 is 0 Å². The fourth-order valence-electron chi connectivity index (χ4n) is 1.82. The van der Waals surface area contributed by atoms with Crippen LogP contribution in [0, 0.1) is 13.8 Å². The molecule has 0 heterocycles. The van der Waals surface area contributed by atoms with E-state index in [2.05, 4.69) is 0 Å². The predicted octanol–water partition coefficient (Wildman–Crippen LogP) is 4.77. The van der Waals surface area contributed by atoms with Gasteiger partial charge in [-0.15, -0.1) is 0 Å². The molecule has 19 heavy (non-hydrogen) atoms. The third kappa shape index (κ3) is 3.14. The number of hydrogen-bond acceptors (Lipinski definition) is 2. The number of halogens is 2. The van der Waals surface area contributed by atoms with Crippen LogP contribution in [-0.2, 0) is 6.61 Å². The van der Waals surface area contributed by atoms with Gasteiger partial charge >= 0.3 is 0 Å². The summed E-state index contributed by atoms with van der Waals surface area (Å²) in [5, 5.41) is 1.20. The Kier molecular flexibility index (Phi) is 4.23. The normalized spacial score (nSPS) is 10.5. The highest BCUT2D eigenvalue weighted by atomic mass is 35.5. The molecule has 2 aromatic carbocycles. The van der Waals surface area contributed by atoms with Crippen molar-refractivity contribution in [3.63, 3.8) is 0 Å². The van der Waals surface area contributed by atoms with Crippen LogP contribution in [0.5, 0.6) is 5.75 Å². The van der Waals surface area contributed by atoms with Crippen molar-refractivity contribution in [2.45, 2.75) is 20.5 Å². The molecule has 0 bridgehead atoms. The zero-order valence-electron chi connectivity index (χ0n) is 10.8. The van der Waals surface area contributed by atoms with E-state index in [1.807, 2.05) is 32.0 Å². The molecule has 2 nitrogen and oxygen atoms in total. The van der Waals surface area contributed by atoms with E-state index >= 15 is 0 Å². The molecule has 100 valence electrons. The Morgan fingerprint density at radius 3 is 2.32 bits per heavy atom. The van der Waals surface area contributed by atoms with Crippen LogP contribution in [0.3, 0.4) is 0 Å². The number of anilines is 1. The summed E-state index contributed by atoms with van der Waals surface area (Å²) in [7, 11) is 0. The van der Waals surface area contributed by atoms with E-state index in [-0.39, 0.29) is 0 Å². The van der Waals surface area contributed by atoms with Crippen molar-refractivity contribution in [1.29, 1.82) is 0 Å². The van der Waals surface area contributed by atoms with Gasteiger partial charge in [-0.1, -0.05) is 35.3 Å². The molecule has 0 aliphatic rings. The van der Waals surface area contributed by atoms with Crippen LogP contribution in [-0.4, -0.2) is 0 Å². The maximum absolute atomic E-state index is 6.10. The Hall–Kier alpha value is -1.38. The maximum Gasteiger partial charge on any atom is 0.124 e. The largest absolute Gasteiger partial charge is 0.488 e. The van der Waals surface area contributed by atoms with Crippen LogP contribution < -0.4 is 10.5 Å². The lowest BCUT2D eigenvalue weighted by atomic mass is 10.1. The molecule has 0 fully saturated rings. The molecule has 0 saturated heterocycles. The fourth-order valence-corrected chi connectivity index (χ4v) is 2.33. The molecule has 0 aliphatic carbocycles. The number of rotatable bonds is 3. The fraction of sp³-hybridized carbons (Fsp3) is 0.200. The van der Waals surface area contributed by atoms with E-state index in [0.29, 0.717) is 22.3 Å². The van der Waals surface area contributed by atoms with Gasteiger partial charge in [-0.2, -0.15) is 0 Å². The highest BCUT2D eigenvalue weighted by Crippen LogP contribution is 2.28. The standard InChI is InChI=1S/C15H15Cl2NO/c1-9-6-10(2)15(7-14(9)18)19-8-11-12(16)4-3-5-13(11)17/h3-7H,8,18H2,1-2H3. The van der Waals surface area contributed by atoms with Crippen LogP contribution in [0.1, 0.15) is 16.7 Å². The number of nitrogen functional groups attached to an aromatic ring is 1. The minimum Gasteiger partial charge on any atom is -0.488 e. The van der Waals surface area contributed by atoms with Gasteiger partial charge in [0.05, 0.1) is 0 Å². The third-order valence-corrected chi connectivity index (χ3v) is 3.71. The van der Waals surface area contributed by atoms with Crippen LogP contribution in [0.2, 0.25) is 10.0 Å². The average molecular weight is 296 g/mol. The van der Waals surface area contributed by atoms with Crippen molar-refractivity contribution in [2.75, 3.05) is 5.73 Å². The molecule has 0 spiro atoms. The van der Waals surface area contributed by atoms with Crippen LogP contribution in [0.4, 0.5) is 5.69 Å². The molecule has 0 amide bonds. The molecule has 0 aliphatic heterocycles. The molecule has 0 aromatic heterocycles. The van der Waals surface area contributed by atoms with Crippen LogP contribution >= 0.6 is 23.2 Å². The van der Waals surface area contributed by atoms with Gasteiger partial charge in [-0.25, -0.2) is 0 Å². The summed E-state index contributed by atoms with van der Waals surface area (Å²) in [6.45, 7) is 4.27. The van der Waals surface area contributed by atoms with Crippen LogP contribution in [0.15, 0.2) is 30.3 Å². The van der Waals surface area contributed by atoms with E-state index in [0.717, 1.165) is 22.4 Å². The Balaban J connectivity index is 2.22. The van der Waals surface area contributed by atoms with Crippen molar-refractivity contribution in [1.82, 2.24) is 0 Å². The van der Waals surface area contributed by atoms with Crippen molar-refractivity contribution in [2.24, 2.45) is 0 Å². The van der Waals surface area contributed by atoms with Gasteiger partial charge in [0.2, 0.25) is 0 Å². The Morgan fingerprint density at radius 2 is 1.68 bits per heavy atom. The minimum atomic E-state index is 0.321. The van der Waals surface area contributed by atoms with Gasteiger partial charge in [-0.05, 0) is 37.1 Å². The summed E-state index contributed by atoms with van der Waals surface area (Å²) in [5.74, 6) is 0.749. The third-order valence-electron chi connectivity index (χ3n) is 3.00. The molecule has 2 rings (SSSR count). The highest BCUT2D eigenvalue weighted by Gasteiger charge is 2.08. The topological polar surface area (TPSA) is 35.2 Å². The summed E-state index contributed by atoms with van der Waals surface area (Å²) >= 11 is 12.2. The monoisotopic (exact) mass is 295 g/mol. The molecule has 2 N–H and O–H groups in total. The minimum absolute atomic E-state index is 0.321. The maximum atomic E-state index is 6.10. The Bertz CT molecular complexity index is 591. The van der Waals surface area contributed by atoms with Gasteiger partial charge < -0.3 is 10.5 Å². The molecular formula is C15H15Cl2NO. The number of benzene rings is 2. The summed E-state index contributed by atoms with van der Waals surface area (Å²) < 4.78 is 5.77. The van der Waals surface area contributed by atoms with E-state index in [1.54, 1.807) is 12.1 Å². The summed E-state index contributed by atoms with van der Waals surface area (Å²) in [4.78, 5) is 0. The Labute approximate surface area is 123 Å². The number of nitrogens with two attached hydrogens (primary N) is 1. The quantitative estimate of drug-likeness (QED) is 0.828.